The van der Waals surface area contributed by atoms with Crippen molar-refractivity contribution < 1.29 is 14.3 Å². The summed E-state index contributed by atoms with van der Waals surface area (Å²) in [4.78, 5) is 34.1. The lowest BCUT2D eigenvalue weighted by molar-refractivity contribution is -0.121. The van der Waals surface area contributed by atoms with Gasteiger partial charge in [-0.1, -0.05) is 26.5 Å². The summed E-state index contributed by atoms with van der Waals surface area (Å²) in [6.45, 7) is 9.18. The number of aromatic nitrogens is 4. The quantitative estimate of drug-likeness (QED) is 0.291. The van der Waals surface area contributed by atoms with Crippen molar-refractivity contribution in [2.75, 3.05) is 29.2 Å². The Morgan fingerprint density at radius 2 is 1.80 bits per heavy atom. The van der Waals surface area contributed by atoms with Crippen LogP contribution in [0, 0.1) is 5.92 Å². The molecular weight excluding hydrogens is 508 g/mol. The summed E-state index contributed by atoms with van der Waals surface area (Å²) in [6.07, 6.45) is 7.93. The topological polar surface area (TPSA) is 135 Å². The Bertz CT molecular complexity index is 1360. The maximum Gasteiger partial charge on any atom is 0.243 e. The third-order valence-corrected chi connectivity index (χ3v) is 7.59. The van der Waals surface area contributed by atoms with Crippen molar-refractivity contribution in [2.45, 2.75) is 70.4 Å². The van der Waals surface area contributed by atoms with Gasteiger partial charge in [0.2, 0.25) is 23.7 Å². The number of hydrogen-bond donors (Lipinski definition) is 4. The van der Waals surface area contributed by atoms with E-state index in [-0.39, 0.29) is 35.7 Å². The van der Waals surface area contributed by atoms with Gasteiger partial charge < -0.3 is 26.0 Å². The van der Waals surface area contributed by atoms with E-state index in [1.807, 2.05) is 30.5 Å². The van der Waals surface area contributed by atoms with Crippen LogP contribution in [0.3, 0.4) is 0 Å². The molecular formula is C29H38N8O3. The number of ether oxygens (including phenoxy) is 1. The van der Waals surface area contributed by atoms with Gasteiger partial charge in [0.05, 0.1) is 6.20 Å². The minimum atomic E-state index is -0.166. The smallest absolute Gasteiger partial charge is 0.243 e. The van der Waals surface area contributed by atoms with E-state index < -0.39 is 0 Å². The van der Waals surface area contributed by atoms with E-state index in [4.69, 9.17) is 14.7 Å². The van der Waals surface area contributed by atoms with Crippen LogP contribution in [0.5, 0.6) is 0 Å². The zero-order valence-corrected chi connectivity index (χ0v) is 23.2. The fourth-order valence-electron chi connectivity index (χ4n) is 5.28. The number of carbonyl (C=O) groups is 2. The maximum atomic E-state index is 13.0. The number of amides is 2. The van der Waals surface area contributed by atoms with Crippen molar-refractivity contribution in [3.8, 4) is 0 Å². The molecule has 2 aliphatic rings. The first-order valence-corrected chi connectivity index (χ1v) is 14.1. The van der Waals surface area contributed by atoms with E-state index in [2.05, 4.69) is 46.8 Å². The lowest BCUT2D eigenvalue weighted by Gasteiger charge is -2.28. The lowest BCUT2D eigenvalue weighted by Crippen LogP contribution is -2.38. The van der Waals surface area contributed by atoms with E-state index in [1.165, 1.54) is 6.08 Å². The zero-order valence-electron chi connectivity index (χ0n) is 23.2. The summed E-state index contributed by atoms with van der Waals surface area (Å²) < 4.78 is 7.21. The molecule has 1 aliphatic carbocycles. The number of nitrogens with one attached hydrogen (secondary N) is 4. The molecule has 0 unspecified atom stereocenters. The van der Waals surface area contributed by atoms with Gasteiger partial charge >= 0.3 is 0 Å². The van der Waals surface area contributed by atoms with Crippen LogP contribution in [0.1, 0.15) is 63.9 Å². The van der Waals surface area contributed by atoms with Crippen molar-refractivity contribution in [1.82, 2.24) is 24.9 Å². The van der Waals surface area contributed by atoms with Gasteiger partial charge in [0.15, 0.2) is 5.65 Å². The zero-order chi connectivity index (χ0) is 28.1. The van der Waals surface area contributed by atoms with Crippen LogP contribution in [0.4, 0.5) is 23.3 Å². The third kappa shape index (κ3) is 6.59. The molecule has 5 rings (SSSR count). The highest BCUT2D eigenvalue weighted by atomic mass is 16.5. The Balaban J connectivity index is 1.29. The molecule has 1 saturated heterocycles. The molecule has 0 radical (unpaired) electrons. The number of fused-ring (bicyclic) bond motifs is 1. The molecule has 40 heavy (non-hydrogen) atoms. The number of carbonyl (C=O) groups excluding carboxylic acids is 2. The molecule has 2 fully saturated rings. The second-order valence-corrected chi connectivity index (χ2v) is 10.8. The molecule has 11 nitrogen and oxygen atoms in total. The molecule has 1 aromatic carbocycles. The maximum absolute atomic E-state index is 13.0. The molecule has 1 saturated carbocycles. The van der Waals surface area contributed by atoms with Gasteiger partial charge in [0.1, 0.15) is 0 Å². The normalized spacial score (nSPS) is 19.8. The summed E-state index contributed by atoms with van der Waals surface area (Å²) in [5.41, 5.74) is 3.27. The second-order valence-electron chi connectivity index (χ2n) is 10.8. The van der Waals surface area contributed by atoms with Crippen molar-refractivity contribution in [3.05, 3.63) is 48.7 Å². The van der Waals surface area contributed by atoms with Gasteiger partial charge in [-0.2, -0.15) is 19.6 Å². The lowest BCUT2D eigenvalue weighted by atomic mass is 9.85. The molecule has 212 valence electrons. The Kier molecular flexibility index (Phi) is 8.59. The largest absolute Gasteiger partial charge is 0.381 e. The van der Waals surface area contributed by atoms with E-state index >= 15 is 0 Å². The molecule has 4 N–H and O–H groups in total. The first kappa shape index (κ1) is 27.6. The van der Waals surface area contributed by atoms with Gasteiger partial charge in [-0.25, -0.2) is 0 Å². The molecule has 2 amide bonds. The molecule has 3 heterocycles. The number of benzene rings is 1. The van der Waals surface area contributed by atoms with Crippen LogP contribution in [0.15, 0.2) is 43.1 Å². The number of anilines is 4. The predicted octanol–water partition coefficient (Wildman–Crippen LogP) is 4.38. The standard InChI is InChI=1S/C29H38N8O3/c1-4-25(38)31-20-10-8-19(9-11-20)27(39)32-22-6-5-7-23(16-22)34-29-36-28(33-21-12-14-40-15-13-21)35-26-24(18(2)3)17-30-37(26)29/h4-7,16-21H,1,8-15H2,2-3H3,(H,31,38)(H,32,39)(H2,33,34,35,36). The Morgan fingerprint density at radius 3 is 2.52 bits per heavy atom. The van der Waals surface area contributed by atoms with Crippen molar-refractivity contribution >= 4 is 40.7 Å². The monoisotopic (exact) mass is 546 g/mol. The minimum absolute atomic E-state index is 0.00771. The van der Waals surface area contributed by atoms with E-state index in [0.29, 0.717) is 17.6 Å². The fourth-order valence-corrected chi connectivity index (χ4v) is 5.28. The van der Waals surface area contributed by atoms with Gasteiger partial charge in [0, 0.05) is 48.2 Å². The van der Waals surface area contributed by atoms with Gasteiger partial charge in [-0.15, -0.1) is 0 Å². The number of hydrogen-bond acceptors (Lipinski definition) is 8. The Morgan fingerprint density at radius 1 is 1.05 bits per heavy atom. The van der Waals surface area contributed by atoms with Crippen molar-refractivity contribution in [3.63, 3.8) is 0 Å². The van der Waals surface area contributed by atoms with Crippen molar-refractivity contribution in [2.24, 2.45) is 5.92 Å². The van der Waals surface area contributed by atoms with Crippen LogP contribution in [-0.2, 0) is 14.3 Å². The fraction of sp³-hybridized carbons (Fsp3) is 0.483. The molecule has 11 heteroatoms. The highest BCUT2D eigenvalue weighted by Crippen LogP contribution is 2.28. The number of rotatable bonds is 9. The molecule has 0 bridgehead atoms. The average Bonchev–Trinajstić information content (AvgIpc) is 3.39. The minimum Gasteiger partial charge on any atom is -0.381 e. The molecule has 0 atom stereocenters. The molecule has 3 aromatic rings. The first-order chi connectivity index (χ1) is 19.4. The van der Waals surface area contributed by atoms with E-state index in [9.17, 15) is 9.59 Å². The number of nitrogens with zero attached hydrogens (tertiary/aromatic N) is 4. The van der Waals surface area contributed by atoms with E-state index in [0.717, 1.165) is 68.6 Å². The summed E-state index contributed by atoms with van der Waals surface area (Å²) in [7, 11) is 0. The highest BCUT2D eigenvalue weighted by Gasteiger charge is 2.27. The predicted molar refractivity (Wildman–Crippen MR) is 155 cm³/mol. The average molecular weight is 547 g/mol. The van der Waals surface area contributed by atoms with Crippen LogP contribution in [0.25, 0.3) is 5.65 Å². The molecule has 2 aromatic heterocycles. The summed E-state index contributed by atoms with van der Waals surface area (Å²) in [6, 6.07) is 7.92. The third-order valence-electron chi connectivity index (χ3n) is 7.59. The van der Waals surface area contributed by atoms with Crippen molar-refractivity contribution in [1.29, 1.82) is 0 Å². The summed E-state index contributed by atoms with van der Waals surface area (Å²) in [5.74, 6) is 1.07. The summed E-state index contributed by atoms with van der Waals surface area (Å²) in [5, 5.41) is 17.4. The molecule has 0 spiro atoms. The van der Waals surface area contributed by atoms with Crippen LogP contribution < -0.4 is 21.3 Å². The van der Waals surface area contributed by atoms with E-state index in [1.54, 1.807) is 4.52 Å². The first-order valence-electron chi connectivity index (χ1n) is 14.1. The second kappa shape index (κ2) is 12.5. The SMILES string of the molecule is C=CC(=O)NC1CCC(C(=O)Nc2cccc(Nc3nc(NC4CCOCC4)nc4c(C(C)C)cnn34)c2)CC1. The Hall–Kier alpha value is -3.99. The van der Waals surface area contributed by atoms with Crippen LogP contribution in [-0.4, -0.2) is 56.7 Å². The highest BCUT2D eigenvalue weighted by molar-refractivity contribution is 5.93. The van der Waals surface area contributed by atoms with Gasteiger partial charge in [0.25, 0.3) is 0 Å². The van der Waals surface area contributed by atoms with Gasteiger partial charge in [-0.3, -0.25) is 9.59 Å². The summed E-state index contributed by atoms with van der Waals surface area (Å²) >= 11 is 0. The van der Waals surface area contributed by atoms with Crippen LogP contribution >= 0.6 is 0 Å². The van der Waals surface area contributed by atoms with Crippen LogP contribution in [0.2, 0.25) is 0 Å². The van der Waals surface area contributed by atoms with Gasteiger partial charge in [-0.05, 0) is 68.7 Å². The molecule has 1 aliphatic heterocycles. The Labute approximate surface area is 234 Å².